The minimum Gasteiger partial charge on any atom is -0.366 e. The molecule has 7 nitrogen and oxygen atoms in total. The summed E-state index contributed by atoms with van der Waals surface area (Å²) in [4.78, 5) is 21.0. The molecule has 0 radical (unpaired) electrons. The molecule has 3 aliphatic carbocycles. The predicted octanol–water partition coefficient (Wildman–Crippen LogP) is 5.27. The zero-order chi connectivity index (χ0) is 28.1. The summed E-state index contributed by atoms with van der Waals surface area (Å²) in [5.41, 5.74) is -0.435. The lowest BCUT2D eigenvalue weighted by atomic mass is 9.68. The molecule has 2 aliphatic heterocycles. The standard InChI is InChI=1S/C30H34Cl2N4O3S/c1-27(2)24(25(37)35-14-13-28(19-35)11-6-12-28)33-26(34-27)29-17-30(29,18-29)36(16-20-9-10-22(31)23(32)15-20)40(38,39)21-7-4-3-5-8-21/h3-5,7-10,15,24H,6,11-14,16-19H2,1-2H3,(H,33,34)/t24-,29?,30?/m0/s1. The number of carbonyl (C=O) groups is 1. The molecule has 5 aliphatic rings. The maximum Gasteiger partial charge on any atom is 0.249 e. The van der Waals surface area contributed by atoms with Gasteiger partial charge in [-0.15, -0.1) is 0 Å². The molecule has 1 saturated heterocycles. The van der Waals surface area contributed by atoms with E-state index in [1.807, 2.05) is 30.9 Å². The average molecular weight is 602 g/mol. The Morgan fingerprint density at radius 2 is 1.80 bits per heavy atom. The Morgan fingerprint density at radius 3 is 2.42 bits per heavy atom. The highest BCUT2D eigenvalue weighted by Crippen LogP contribution is 2.83. The van der Waals surface area contributed by atoms with Crippen LogP contribution in [0.1, 0.15) is 57.9 Å². The lowest BCUT2D eigenvalue weighted by Gasteiger charge is -2.38. The van der Waals surface area contributed by atoms with Gasteiger partial charge in [0.25, 0.3) is 0 Å². The Morgan fingerprint density at radius 1 is 1.07 bits per heavy atom. The molecule has 2 heterocycles. The summed E-state index contributed by atoms with van der Waals surface area (Å²) in [6, 6.07) is 13.3. The highest BCUT2D eigenvalue weighted by molar-refractivity contribution is 7.89. The molecule has 4 fully saturated rings. The molecule has 2 aromatic rings. The molecule has 10 heteroatoms. The van der Waals surface area contributed by atoms with Gasteiger partial charge in [0.2, 0.25) is 15.9 Å². The van der Waals surface area contributed by atoms with E-state index in [4.69, 9.17) is 28.2 Å². The van der Waals surface area contributed by atoms with Gasteiger partial charge in [-0.2, -0.15) is 4.31 Å². The summed E-state index contributed by atoms with van der Waals surface area (Å²) < 4.78 is 29.8. The van der Waals surface area contributed by atoms with Gasteiger partial charge in [0, 0.05) is 19.6 Å². The molecule has 1 amide bonds. The van der Waals surface area contributed by atoms with Gasteiger partial charge >= 0.3 is 0 Å². The number of nitrogens with zero attached hydrogens (tertiary/aromatic N) is 3. The number of benzene rings is 2. The van der Waals surface area contributed by atoms with E-state index >= 15 is 0 Å². The molecule has 0 unspecified atom stereocenters. The van der Waals surface area contributed by atoms with Crippen LogP contribution in [-0.4, -0.2) is 59.6 Å². The molecule has 3 saturated carbocycles. The van der Waals surface area contributed by atoms with Crippen LogP contribution in [0.4, 0.5) is 0 Å². The fourth-order valence-electron chi connectivity index (χ4n) is 7.34. The van der Waals surface area contributed by atoms with Crippen molar-refractivity contribution in [2.45, 2.75) is 80.9 Å². The summed E-state index contributed by atoms with van der Waals surface area (Å²) in [6.45, 7) is 5.87. The molecule has 212 valence electrons. The lowest BCUT2D eigenvalue weighted by molar-refractivity contribution is -0.133. The van der Waals surface area contributed by atoms with Gasteiger partial charge in [-0.1, -0.05) is 53.9 Å². The van der Waals surface area contributed by atoms with Crippen molar-refractivity contribution in [2.24, 2.45) is 15.8 Å². The number of likely N-dealkylation sites (tertiary alicyclic amines) is 1. The number of rotatable bonds is 7. The first-order valence-electron chi connectivity index (χ1n) is 14.1. The third-order valence-electron chi connectivity index (χ3n) is 10.2. The minimum atomic E-state index is -3.83. The van der Waals surface area contributed by atoms with Gasteiger partial charge in [0.1, 0.15) is 5.84 Å². The van der Waals surface area contributed by atoms with Crippen LogP contribution in [0.2, 0.25) is 10.0 Å². The van der Waals surface area contributed by atoms with Crippen LogP contribution in [0.25, 0.3) is 0 Å². The number of hydrogen-bond acceptors (Lipinski definition) is 5. The van der Waals surface area contributed by atoms with Crippen LogP contribution < -0.4 is 5.32 Å². The summed E-state index contributed by atoms with van der Waals surface area (Å²) in [6.07, 6.45) is 6.12. The number of amides is 1. The zero-order valence-corrected chi connectivity index (χ0v) is 25.1. The summed E-state index contributed by atoms with van der Waals surface area (Å²) in [7, 11) is -3.83. The van der Waals surface area contributed by atoms with Gasteiger partial charge < -0.3 is 10.2 Å². The number of carbonyl (C=O) groups excluding carboxylic acids is 1. The van der Waals surface area contributed by atoms with Crippen molar-refractivity contribution in [3.63, 3.8) is 0 Å². The Balaban J connectivity index is 1.18. The van der Waals surface area contributed by atoms with Gasteiger partial charge in [-0.3, -0.25) is 9.79 Å². The second-order valence-electron chi connectivity index (χ2n) is 13.1. The second kappa shape index (κ2) is 8.69. The number of sulfonamides is 1. The van der Waals surface area contributed by atoms with Crippen LogP contribution in [0.5, 0.6) is 0 Å². The van der Waals surface area contributed by atoms with E-state index in [-0.39, 0.29) is 17.3 Å². The largest absolute Gasteiger partial charge is 0.366 e. The number of amidine groups is 1. The topological polar surface area (TPSA) is 82.1 Å². The molecule has 0 bridgehead atoms. The zero-order valence-electron chi connectivity index (χ0n) is 22.8. The fourth-order valence-corrected chi connectivity index (χ4v) is 9.49. The van der Waals surface area contributed by atoms with Crippen molar-refractivity contribution in [3.8, 4) is 0 Å². The third kappa shape index (κ3) is 3.89. The van der Waals surface area contributed by atoms with Crippen LogP contribution in [0.3, 0.4) is 0 Å². The summed E-state index contributed by atoms with van der Waals surface area (Å²) in [5, 5.41) is 4.39. The van der Waals surface area contributed by atoms with Crippen molar-refractivity contribution in [1.29, 1.82) is 0 Å². The maximum absolute atomic E-state index is 14.1. The molecule has 40 heavy (non-hydrogen) atoms. The van der Waals surface area contributed by atoms with Gasteiger partial charge in [0.05, 0.1) is 31.4 Å². The molecule has 1 N–H and O–H groups in total. The molecule has 1 atom stereocenters. The first kappa shape index (κ1) is 26.7. The average Bonchev–Trinajstić information content (AvgIpc) is 3.57. The maximum atomic E-state index is 14.1. The molecular formula is C30H34Cl2N4O3S. The first-order valence-corrected chi connectivity index (χ1v) is 16.3. The van der Waals surface area contributed by atoms with E-state index in [1.165, 1.54) is 19.3 Å². The molecular weight excluding hydrogens is 567 g/mol. The smallest absolute Gasteiger partial charge is 0.249 e. The number of nitrogens with one attached hydrogen (secondary N) is 1. The molecule has 1 spiro atoms. The highest BCUT2D eigenvalue weighted by Gasteiger charge is 2.90. The van der Waals surface area contributed by atoms with Gasteiger partial charge in [0.15, 0.2) is 6.04 Å². The minimum absolute atomic E-state index is 0.0872. The Hall–Kier alpha value is -2.13. The monoisotopic (exact) mass is 600 g/mol. The highest BCUT2D eigenvalue weighted by atomic mass is 35.5. The molecule has 7 rings (SSSR count). The lowest BCUT2D eigenvalue weighted by Crippen LogP contribution is -2.52. The van der Waals surface area contributed by atoms with E-state index in [9.17, 15) is 13.2 Å². The Labute approximate surface area is 246 Å². The fraction of sp³-hybridized carbons (Fsp3) is 0.533. The molecule has 2 aromatic carbocycles. The van der Waals surface area contributed by atoms with E-state index in [0.717, 1.165) is 30.9 Å². The number of hydrogen-bond donors (Lipinski definition) is 1. The normalized spacial score (nSPS) is 31.0. The number of fused-ring (bicyclic) bond motifs is 1. The summed E-state index contributed by atoms with van der Waals surface area (Å²) in [5.74, 6) is 0.861. The number of halogens is 2. The van der Waals surface area contributed by atoms with Crippen LogP contribution in [-0.2, 0) is 21.4 Å². The SMILES string of the molecule is CC1(C)NC(C23CC2(N(Cc2ccc(Cl)c(Cl)c2)S(=O)(=O)c2ccccc2)C3)=N[C@H]1C(=O)N1CCC2(CCC2)C1. The van der Waals surface area contributed by atoms with Gasteiger partial charge in [-0.05, 0) is 81.2 Å². The van der Waals surface area contributed by atoms with Crippen LogP contribution in [0.15, 0.2) is 58.4 Å². The van der Waals surface area contributed by atoms with Crippen molar-refractivity contribution in [2.75, 3.05) is 13.1 Å². The van der Waals surface area contributed by atoms with E-state index < -0.39 is 32.6 Å². The van der Waals surface area contributed by atoms with E-state index in [0.29, 0.717) is 28.3 Å². The Kier molecular flexibility index (Phi) is 5.81. The first-order chi connectivity index (χ1) is 18.9. The Bertz CT molecular complexity index is 1530. The second-order valence-corrected chi connectivity index (χ2v) is 15.8. The third-order valence-corrected chi connectivity index (χ3v) is 12.8. The van der Waals surface area contributed by atoms with Crippen molar-refractivity contribution in [3.05, 3.63) is 64.1 Å². The van der Waals surface area contributed by atoms with Crippen LogP contribution in [0, 0.1) is 10.8 Å². The quantitative estimate of drug-likeness (QED) is 0.469. The van der Waals surface area contributed by atoms with Crippen molar-refractivity contribution < 1.29 is 13.2 Å². The van der Waals surface area contributed by atoms with Crippen LogP contribution >= 0.6 is 23.2 Å². The summed E-state index contributed by atoms with van der Waals surface area (Å²) >= 11 is 12.4. The van der Waals surface area contributed by atoms with E-state index in [1.54, 1.807) is 40.7 Å². The van der Waals surface area contributed by atoms with Crippen molar-refractivity contribution >= 4 is 45.0 Å². The number of aliphatic imine (C=N–C) groups is 1. The van der Waals surface area contributed by atoms with Gasteiger partial charge in [-0.25, -0.2) is 8.42 Å². The van der Waals surface area contributed by atoms with Crippen molar-refractivity contribution in [1.82, 2.24) is 14.5 Å². The predicted molar refractivity (Wildman–Crippen MR) is 156 cm³/mol. The van der Waals surface area contributed by atoms with E-state index in [2.05, 4.69) is 5.32 Å². The molecule has 0 aromatic heterocycles.